The van der Waals surface area contributed by atoms with Crippen LogP contribution in [0.15, 0.2) is 72.8 Å². The Morgan fingerprint density at radius 2 is 1.71 bits per heavy atom. The highest BCUT2D eigenvalue weighted by Crippen LogP contribution is 2.34. The van der Waals surface area contributed by atoms with Crippen molar-refractivity contribution in [3.63, 3.8) is 0 Å². The van der Waals surface area contributed by atoms with E-state index in [0.717, 1.165) is 23.8 Å². The molecule has 3 aromatic rings. The van der Waals surface area contributed by atoms with Crippen LogP contribution in [0.3, 0.4) is 0 Å². The summed E-state index contributed by atoms with van der Waals surface area (Å²) in [5, 5.41) is 37.8. The van der Waals surface area contributed by atoms with Gasteiger partial charge in [-0.1, -0.05) is 66.2 Å². The molecule has 6 nitrogen and oxygen atoms in total. The third-order valence-electron chi connectivity index (χ3n) is 5.68. The standard InChI is InChI=1S/C26H27ClO5.CH4O/c27-24-11-8-19(13-20(24)12-17-6-9-21(28)10-7-17)25-15-22(29)14-23(32-25)16-31-26(30)18-4-2-1-3-5-18;1-2/h1-11,13,22-23,25-26,28-30H,12,14-16H2;2H,1H3. The Morgan fingerprint density at radius 1 is 1.00 bits per heavy atom. The first kappa shape index (κ1) is 26.2. The molecule has 1 aliphatic rings. The SMILES string of the molecule is CO.Oc1ccc(Cc2cc(C3CC(O)CC(COC(O)c4ccccc4)O3)ccc2Cl)cc1. The second kappa shape index (κ2) is 12.9. The predicted octanol–water partition coefficient (Wildman–Crippen LogP) is 4.53. The number of rotatable bonds is 7. The zero-order valence-electron chi connectivity index (χ0n) is 19.0. The molecule has 4 N–H and O–H groups in total. The maximum absolute atomic E-state index is 10.4. The number of aliphatic hydroxyl groups is 3. The van der Waals surface area contributed by atoms with Gasteiger partial charge in [0.15, 0.2) is 6.29 Å². The number of aromatic hydroxyl groups is 1. The summed E-state index contributed by atoms with van der Waals surface area (Å²) in [7, 11) is 1.00. The highest BCUT2D eigenvalue weighted by atomic mass is 35.5. The second-order valence-corrected chi connectivity index (χ2v) is 8.57. The van der Waals surface area contributed by atoms with E-state index in [4.69, 9.17) is 26.2 Å². The van der Waals surface area contributed by atoms with E-state index >= 15 is 0 Å². The van der Waals surface area contributed by atoms with Crippen molar-refractivity contribution in [2.24, 2.45) is 0 Å². The summed E-state index contributed by atoms with van der Waals surface area (Å²) >= 11 is 6.43. The molecule has 0 saturated carbocycles. The van der Waals surface area contributed by atoms with Gasteiger partial charge in [-0.05, 0) is 41.3 Å². The predicted molar refractivity (Wildman–Crippen MR) is 131 cm³/mol. The maximum atomic E-state index is 10.4. The Morgan fingerprint density at radius 3 is 2.41 bits per heavy atom. The Kier molecular flexibility index (Phi) is 9.89. The summed E-state index contributed by atoms with van der Waals surface area (Å²) in [4.78, 5) is 0. The molecule has 4 unspecified atom stereocenters. The van der Waals surface area contributed by atoms with Crippen molar-refractivity contribution in [3.8, 4) is 5.75 Å². The Balaban J connectivity index is 0.00000158. The lowest BCUT2D eigenvalue weighted by Crippen LogP contribution is -2.34. The molecule has 1 fully saturated rings. The molecular weight excluding hydrogens is 456 g/mol. The molecule has 3 aromatic carbocycles. The van der Waals surface area contributed by atoms with Gasteiger partial charge in [-0.15, -0.1) is 0 Å². The fourth-order valence-electron chi connectivity index (χ4n) is 3.99. The molecule has 1 heterocycles. The van der Waals surface area contributed by atoms with Crippen molar-refractivity contribution < 1.29 is 29.9 Å². The summed E-state index contributed by atoms with van der Waals surface area (Å²) in [6.07, 6.45) is -0.630. The van der Waals surface area contributed by atoms with Crippen molar-refractivity contribution in [3.05, 3.63) is 100 Å². The number of hydrogen-bond acceptors (Lipinski definition) is 6. The molecule has 0 aromatic heterocycles. The van der Waals surface area contributed by atoms with E-state index in [2.05, 4.69) is 0 Å². The average Bonchev–Trinajstić information content (AvgIpc) is 2.86. The third-order valence-corrected chi connectivity index (χ3v) is 6.04. The van der Waals surface area contributed by atoms with E-state index < -0.39 is 12.4 Å². The fourth-order valence-corrected chi connectivity index (χ4v) is 4.17. The molecule has 182 valence electrons. The van der Waals surface area contributed by atoms with E-state index in [1.165, 1.54) is 0 Å². The molecule has 4 rings (SSSR count). The van der Waals surface area contributed by atoms with Crippen LogP contribution in [-0.2, 0) is 15.9 Å². The van der Waals surface area contributed by atoms with E-state index in [9.17, 15) is 15.3 Å². The first-order chi connectivity index (χ1) is 16.5. The van der Waals surface area contributed by atoms with Gasteiger partial charge < -0.3 is 29.9 Å². The minimum absolute atomic E-state index is 0.178. The van der Waals surface area contributed by atoms with Gasteiger partial charge in [0.2, 0.25) is 0 Å². The quantitative estimate of drug-likeness (QED) is 0.366. The topological polar surface area (TPSA) is 99.4 Å². The van der Waals surface area contributed by atoms with Crippen LogP contribution < -0.4 is 0 Å². The van der Waals surface area contributed by atoms with Crippen LogP contribution in [0.2, 0.25) is 5.02 Å². The van der Waals surface area contributed by atoms with Gasteiger partial charge in [0.05, 0.1) is 24.9 Å². The molecule has 0 amide bonds. The Bertz CT molecular complexity index is 1010. The Hall–Kier alpha value is -2.45. The lowest BCUT2D eigenvalue weighted by Gasteiger charge is -2.34. The van der Waals surface area contributed by atoms with Gasteiger partial charge in [0.25, 0.3) is 0 Å². The number of phenolic OH excluding ortho intramolecular Hbond substituents is 1. The molecule has 4 atom stereocenters. The first-order valence-corrected chi connectivity index (χ1v) is 11.5. The smallest absolute Gasteiger partial charge is 0.181 e. The molecule has 0 aliphatic carbocycles. The van der Waals surface area contributed by atoms with Gasteiger partial charge >= 0.3 is 0 Å². The van der Waals surface area contributed by atoms with Gasteiger partial charge in [-0.25, -0.2) is 0 Å². The van der Waals surface area contributed by atoms with Crippen molar-refractivity contribution >= 4 is 11.6 Å². The number of benzene rings is 3. The van der Waals surface area contributed by atoms with E-state index in [-0.39, 0.29) is 24.6 Å². The second-order valence-electron chi connectivity index (χ2n) is 8.16. The summed E-state index contributed by atoms with van der Waals surface area (Å²) < 4.78 is 11.8. The lowest BCUT2D eigenvalue weighted by molar-refractivity contribution is -0.169. The fraction of sp³-hybridized carbons (Fsp3) is 0.333. The lowest BCUT2D eigenvalue weighted by atomic mass is 9.94. The van der Waals surface area contributed by atoms with Gasteiger partial charge in [-0.2, -0.15) is 0 Å². The molecule has 0 bridgehead atoms. The number of phenols is 1. The summed E-state index contributed by atoms with van der Waals surface area (Å²) in [6, 6.07) is 22.0. The summed E-state index contributed by atoms with van der Waals surface area (Å²) in [6.45, 7) is 0.178. The average molecular weight is 487 g/mol. The zero-order valence-corrected chi connectivity index (χ0v) is 19.8. The van der Waals surface area contributed by atoms with Crippen molar-refractivity contribution in [1.29, 1.82) is 0 Å². The van der Waals surface area contributed by atoms with Crippen LogP contribution in [-0.4, -0.2) is 46.4 Å². The number of aliphatic hydroxyl groups excluding tert-OH is 3. The minimum Gasteiger partial charge on any atom is -0.508 e. The van der Waals surface area contributed by atoms with E-state index in [1.807, 2.05) is 48.5 Å². The van der Waals surface area contributed by atoms with Crippen LogP contribution in [0.5, 0.6) is 5.75 Å². The minimum atomic E-state index is -1.04. The van der Waals surface area contributed by atoms with Gasteiger partial charge in [0, 0.05) is 30.5 Å². The van der Waals surface area contributed by atoms with Gasteiger partial charge in [-0.3, -0.25) is 0 Å². The highest BCUT2D eigenvalue weighted by Gasteiger charge is 2.30. The largest absolute Gasteiger partial charge is 0.508 e. The van der Waals surface area contributed by atoms with Crippen LogP contribution >= 0.6 is 11.6 Å². The van der Waals surface area contributed by atoms with Gasteiger partial charge in [0.1, 0.15) is 5.75 Å². The number of ether oxygens (including phenoxy) is 2. The van der Waals surface area contributed by atoms with Crippen LogP contribution in [0.25, 0.3) is 0 Å². The maximum Gasteiger partial charge on any atom is 0.181 e. The first-order valence-electron chi connectivity index (χ1n) is 11.2. The molecular formula is C27H31ClO6. The molecule has 1 saturated heterocycles. The highest BCUT2D eigenvalue weighted by molar-refractivity contribution is 6.31. The number of hydrogen-bond donors (Lipinski definition) is 4. The monoisotopic (exact) mass is 486 g/mol. The zero-order chi connectivity index (χ0) is 24.5. The van der Waals surface area contributed by atoms with E-state index in [1.54, 1.807) is 24.3 Å². The van der Waals surface area contributed by atoms with Crippen molar-refractivity contribution in [2.75, 3.05) is 13.7 Å². The molecule has 34 heavy (non-hydrogen) atoms. The van der Waals surface area contributed by atoms with Crippen molar-refractivity contribution in [2.45, 2.75) is 43.9 Å². The summed E-state index contributed by atoms with van der Waals surface area (Å²) in [5.74, 6) is 0.226. The molecule has 1 aliphatic heterocycles. The molecule has 0 spiro atoms. The van der Waals surface area contributed by atoms with E-state index in [0.29, 0.717) is 29.8 Å². The molecule has 7 heteroatoms. The number of halogens is 1. The Labute approximate surface area is 205 Å². The van der Waals surface area contributed by atoms with Crippen molar-refractivity contribution in [1.82, 2.24) is 0 Å². The summed E-state index contributed by atoms with van der Waals surface area (Å²) in [5.41, 5.74) is 3.60. The van der Waals surface area contributed by atoms with Crippen LogP contribution in [0.4, 0.5) is 0 Å². The van der Waals surface area contributed by atoms with Crippen LogP contribution in [0.1, 0.15) is 47.5 Å². The normalized spacial score (nSPS) is 20.8. The van der Waals surface area contributed by atoms with Crippen LogP contribution in [0, 0.1) is 0 Å². The molecule has 0 radical (unpaired) electrons. The third kappa shape index (κ3) is 7.27.